The van der Waals surface area contributed by atoms with Gasteiger partial charge in [-0.3, -0.25) is 9.78 Å². The molecule has 0 radical (unpaired) electrons. The second-order valence-corrected chi connectivity index (χ2v) is 6.35. The Kier molecular flexibility index (Phi) is 4.88. The summed E-state index contributed by atoms with van der Waals surface area (Å²) in [5.41, 5.74) is 5.68. The lowest BCUT2D eigenvalue weighted by Gasteiger charge is -2.23. The fourth-order valence-corrected chi connectivity index (χ4v) is 3.20. The number of nitrogens with zero attached hydrogens (tertiary/aromatic N) is 2. The average molecular weight is 285 g/mol. The van der Waals surface area contributed by atoms with E-state index in [2.05, 4.69) is 4.98 Å². The molecule has 0 aliphatic heterocycles. The van der Waals surface area contributed by atoms with Gasteiger partial charge in [-0.2, -0.15) is 0 Å². The molecular formula is C12H19N3O3S. The van der Waals surface area contributed by atoms with Crippen LogP contribution in [0.5, 0.6) is 0 Å². The summed E-state index contributed by atoms with van der Waals surface area (Å²) in [6.07, 6.45) is 2.61. The van der Waals surface area contributed by atoms with Crippen LogP contribution in [-0.4, -0.2) is 42.5 Å². The van der Waals surface area contributed by atoms with Gasteiger partial charge in [0.2, 0.25) is 5.91 Å². The van der Waals surface area contributed by atoms with Crippen LogP contribution in [0.25, 0.3) is 0 Å². The molecule has 1 rings (SSSR count). The molecule has 1 aromatic rings. The first kappa shape index (κ1) is 15.4. The Balaban J connectivity index is 3.14. The van der Waals surface area contributed by atoms with Crippen LogP contribution >= 0.6 is 0 Å². The van der Waals surface area contributed by atoms with Crippen molar-refractivity contribution in [1.29, 1.82) is 0 Å². The van der Waals surface area contributed by atoms with E-state index in [1.165, 1.54) is 30.3 Å². The number of pyridine rings is 1. The van der Waals surface area contributed by atoms with Gasteiger partial charge >= 0.3 is 0 Å². The smallest absolute Gasteiger partial charge is 0.240 e. The van der Waals surface area contributed by atoms with E-state index in [9.17, 15) is 13.2 Å². The molecule has 0 saturated heterocycles. The minimum absolute atomic E-state index is 0.0458. The molecule has 1 aromatic heterocycles. The van der Waals surface area contributed by atoms with Crippen LogP contribution in [0, 0.1) is 0 Å². The number of carbonyl (C=O) groups excluding carboxylic acids is 1. The summed E-state index contributed by atoms with van der Waals surface area (Å²) in [5, 5.41) is -1.16. The molecule has 19 heavy (non-hydrogen) atoms. The fraction of sp³-hybridized carbons (Fsp3) is 0.500. The number of hydrogen-bond acceptors (Lipinski definition) is 5. The number of nitrogens with two attached hydrogens (primary N) is 1. The van der Waals surface area contributed by atoms with Gasteiger partial charge in [0.1, 0.15) is 5.25 Å². The van der Waals surface area contributed by atoms with E-state index in [1.54, 1.807) is 0 Å². The molecule has 0 spiro atoms. The molecule has 6 nitrogen and oxygen atoms in total. The summed E-state index contributed by atoms with van der Waals surface area (Å²) in [6.45, 7) is 5.95. The maximum Gasteiger partial charge on any atom is 0.240 e. The number of anilines is 1. The lowest BCUT2D eigenvalue weighted by atomic mass is 10.4. The Hall–Kier alpha value is -1.63. The molecule has 1 unspecified atom stereocenters. The predicted octanol–water partition coefficient (Wildman–Crippen LogP) is 0.694. The van der Waals surface area contributed by atoms with Gasteiger partial charge in [0.05, 0.1) is 16.8 Å². The highest BCUT2D eigenvalue weighted by atomic mass is 32.2. The summed E-state index contributed by atoms with van der Waals surface area (Å²) in [5.74, 6) is -0.416. The van der Waals surface area contributed by atoms with Gasteiger partial charge in [-0.15, -0.1) is 0 Å². The van der Waals surface area contributed by atoms with Crippen LogP contribution in [0.3, 0.4) is 0 Å². The topological polar surface area (TPSA) is 93.4 Å². The van der Waals surface area contributed by atoms with Gasteiger partial charge in [-0.05, 0) is 26.8 Å². The van der Waals surface area contributed by atoms with Gasteiger partial charge in [0, 0.05) is 19.3 Å². The molecule has 2 N–H and O–H groups in total. The van der Waals surface area contributed by atoms with Crippen LogP contribution in [0.1, 0.15) is 20.8 Å². The zero-order valence-electron chi connectivity index (χ0n) is 11.3. The first-order valence-electron chi connectivity index (χ1n) is 6.08. The third-order valence-electron chi connectivity index (χ3n) is 3.00. The summed E-state index contributed by atoms with van der Waals surface area (Å²) in [4.78, 5) is 17.3. The third-order valence-corrected chi connectivity index (χ3v) is 5.12. The van der Waals surface area contributed by atoms with Crippen molar-refractivity contribution in [3.05, 3.63) is 18.5 Å². The van der Waals surface area contributed by atoms with Crippen molar-refractivity contribution < 1.29 is 13.2 Å². The van der Waals surface area contributed by atoms with Gasteiger partial charge in [0.15, 0.2) is 9.84 Å². The number of nitrogen functional groups attached to an aromatic ring is 1. The van der Waals surface area contributed by atoms with E-state index in [-0.39, 0.29) is 10.6 Å². The Labute approximate surface area is 113 Å². The molecule has 106 valence electrons. The molecule has 1 heterocycles. The van der Waals surface area contributed by atoms with Crippen molar-refractivity contribution in [2.24, 2.45) is 0 Å². The lowest BCUT2D eigenvalue weighted by Crippen LogP contribution is -2.41. The van der Waals surface area contributed by atoms with Crippen molar-refractivity contribution >= 4 is 21.4 Å². The highest BCUT2D eigenvalue weighted by Gasteiger charge is 2.33. The molecule has 1 atom stereocenters. The number of hydrogen-bond donors (Lipinski definition) is 1. The van der Waals surface area contributed by atoms with Crippen LogP contribution < -0.4 is 5.73 Å². The maximum absolute atomic E-state index is 12.4. The Morgan fingerprint density at radius 2 is 2.00 bits per heavy atom. The summed E-state index contributed by atoms with van der Waals surface area (Å²) in [7, 11) is -3.79. The zero-order chi connectivity index (χ0) is 14.6. The molecular weight excluding hydrogens is 266 g/mol. The fourth-order valence-electron chi connectivity index (χ4n) is 1.77. The monoisotopic (exact) mass is 285 g/mol. The number of rotatable bonds is 5. The van der Waals surface area contributed by atoms with E-state index in [0.717, 1.165) is 0 Å². The maximum atomic E-state index is 12.4. The Bertz CT molecular complexity index is 553. The minimum atomic E-state index is -3.79. The molecule has 0 aromatic carbocycles. The highest BCUT2D eigenvalue weighted by molar-refractivity contribution is 7.93. The first-order valence-corrected chi connectivity index (χ1v) is 7.63. The number of amides is 1. The van der Waals surface area contributed by atoms with Crippen molar-refractivity contribution in [2.45, 2.75) is 30.9 Å². The van der Waals surface area contributed by atoms with E-state index in [4.69, 9.17) is 5.73 Å². The van der Waals surface area contributed by atoms with Crippen LogP contribution in [0.15, 0.2) is 23.4 Å². The van der Waals surface area contributed by atoms with Crippen molar-refractivity contribution in [1.82, 2.24) is 9.88 Å². The molecule has 0 fully saturated rings. The molecule has 0 aliphatic carbocycles. The normalized spacial score (nSPS) is 13.0. The van der Waals surface area contributed by atoms with Gasteiger partial charge in [-0.1, -0.05) is 0 Å². The quantitative estimate of drug-likeness (QED) is 0.859. The van der Waals surface area contributed by atoms with E-state index in [0.29, 0.717) is 13.1 Å². The first-order chi connectivity index (χ1) is 8.86. The Morgan fingerprint density at radius 3 is 2.47 bits per heavy atom. The van der Waals surface area contributed by atoms with Crippen molar-refractivity contribution in [3.8, 4) is 0 Å². The number of carbonyl (C=O) groups is 1. The van der Waals surface area contributed by atoms with Crippen molar-refractivity contribution in [3.63, 3.8) is 0 Å². The van der Waals surface area contributed by atoms with Crippen LogP contribution in [0.2, 0.25) is 0 Å². The largest absolute Gasteiger partial charge is 0.396 e. The van der Waals surface area contributed by atoms with Gasteiger partial charge < -0.3 is 10.6 Å². The van der Waals surface area contributed by atoms with Crippen LogP contribution in [-0.2, 0) is 14.6 Å². The molecule has 0 saturated carbocycles. The minimum Gasteiger partial charge on any atom is -0.396 e. The molecule has 0 aliphatic rings. The molecule has 7 heteroatoms. The van der Waals surface area contributed by atoms with Crippen molar-refractivity contribution in [2.75, 3.05) is 18.8 Å². The molecule has 1 amide bonds. The second-order valence-electron chi connectivity index (χ2n) is 4.11. The number of sulfone groups is 1. The molecule has 0 bridgehead atoms. The summed E-state index contributed by atoms with van der Waals surface area (Å²) >= 11 is 0. The second kappa shape index (κ2) is 6.01. The average Bonchev–Trinajstić information content (AvgIpc) is 2.39. The standard InChI is InChI=1S/C12H19N3O3S/c1-4-15(5-2)12(16)9(3)19(17,18)11-6-7-14-8-10(11)13/h6-9H,4-5,13H2,1-3H3. The SMILES string of the molecule is CCN(CC)C(=O)C(C)S(=O)(=O)c1ccncc1N. The zero-order valence-corrected chi connectivity index (χ0v) is 12.1. The Morgan fingerprint density at radius 1 is 1.42 bits per heavy atom. The summed E-state index contributed by atoms with van der Waals surface area (Å²) < 4.78 is 24.8. The lowest BCUT2D eigenvalue weighted by molar-refractivity contribution is -0.130. The van der Waals surface area contributed by atoms with Gasteiger partial charge in [0.25, 0.3) is 0 Å². The third kappa shape index (κ3) is 3.04. The van der Waals surface area contributed by atoms with E-state index >= 15 is 0 Å². The van der Waals surface area contributed by atoms with Crippen LogP contribution in [0.4, 0.5) is 5.69 Å². The highest BCUT2D eigenvalue weighted by Crippen LogP contribution is 2.22. The number of aromatic nitrogens is 1. The van der Waals surface area contributed by atoms with E-state index in [1.807, 2.05) is 13.8 Å². The van der Waals surface area contributed by atoms with E-state index < -0.39 is 21.0 Å². The van der Waals surface area contributed by atoms with Gasteiger partial charge in [-0.25, -0.2) is 8.42 Å². The predicted molar refractivity (Wildman–Crippen MR) is 73.2 cm³/mol. The summed E-state index contributed by atoms with van der Waals surface area (Å²) in [6, 6.07) is 1.32.